The van der Waals surface area contributed by atoms with Gasteiger partial charge in [0.05, 0.1) is 12.0 Å². The van der Waals surface area contributed by atoms with Crippen LogP contribution in [0.3, 0.4) is 0 Å². The maximum atomic E-state index is 11.0. The highest BCUT2D eigenvalue weighted by atomic mass is 16.6. The van der Waals surface area contributed by atoms with Gasteiger partial charge in [0.1, 0.15) is 11.4 Å². The molecule has 0 spiro atoms. The Morgan fingerprint density at radius 1 is 1.24 bits per heavy atom. The van der Waals surface area contributed by atoms with Gasteiger partial charge in [0.25, 0.3) is 5.69 Å². The average molecular weight is 286 g/mol. The largest absolute Gasteiger partial charge is 0.497 e. The number of rotatable bonds is 6. The summed E-state index contributed by atoms with van der Waals surface area (Å²) < 4.78 is 5.18. The Hall–Kier alpha value is -2.56. The van der Waals surface area contributed by atoms with Gasteiger partial charge >= 0.3 is 0 Å². The van der Waals surface area contributed by atoms with E-state index < -0.39 is 0 Å². The fourth-order valence-corrected chi connectivity index (χ4v) is 2.12. The summed E-state index contributed by atoms with van der Waals surface area (Å²) in [5, 5.41) is 14.1. The third-order valence-corrected chi connectivity index (χ3v) is 3.21. The lowest BCUT2D eigenvalue weighted by atomic mass is 10.1. The van der Waals surface area contributed by atoms with Crippen LogP contribution in [0.1, 0.15) is 11.1 Å². The van der Waals surface area contributed by atoms with E-state index in [0.29, 0.717) is 12.2 Å². The highest BCUT2D eigenvalue weighted by Crippen LogP contribution is 2.25. The minimum Gasteiger partial charge on any atom is -0.497 e. The number of ether oxygens (including phenoxy) is 1. The molecule has 110 valence electrons. The standard InChI is InChI=1S/C16H18N2O3/c1-12-6-7-16(18(19)20)15(10-12)17-9-8-13-4-3-5-14(11-13)21-2/h3-7,10-11,17H,8-9H2,1-2H3. The van der Waals surface area contributed by atoms with Crippen LogP contribution in [0.2, 0.25) is 0 Å². The number of hydrogen-bond donors (Lipinski definition) is 1. The molecule has 2 aromatic rings. The number of nitro benzene ring substituents is 1. The third-order valence-electron chi connectivity index (χ3n) is 3.21. The summed E-state index contributed by atoms with van der Waals surface area (Å²) in [6.07, 6.45) is 0.766. The van der Waals surface area contributed by atoms with E-state index in [9.17, 15) is 10.1 Å². The van der Waals surface area contributed by atoms with E-state index in [4.69, 9.17) is 4.74 Å². The SMILES string of the molecule is COc1cccc(CCNc2cc(C)ccc2[N+](=O)[O-])c1. The lowest BCUT2D eigenvalue weighted by molar-refractivity contribution is -0.384. The molecule has 0 amide bonds. The maximum absolute atomic E-state index is 11.0. The fourth-order valence-electron chi connectivity index (χ4n) is 2.12. The van der Waals surface area contributed by atoms with Crippen molar-refractivity contribution in [3.63, 3.8) is 0 Å². The van der Waals surface area contributed by atoms with Crippen molar-refractivity contribution in [2.24, 2.45) is 0 Å². The van der Waals surface area contributed by atoms with Gasteiger partial charge in [-0.25, -0.2) is 0 Å². The van der Waals surface area contributed by atoms with Crippen molar-refractivity contribution in [3.05, 3.63) is 63.7 Å². The second-order valence-corrected chi connectivity index (χ2v) is 4.81. The molecule has 0 aliphatic rings. The molecule has 0 radical (unpaired) electrons. The highest BCUT2D eigenvalue weighted by molar-refractivity contribution is 5.62. The molecule has 21 heavy (non-hydrogen) atoms. The molecule has 0 aromatic heterocycles. The van der Waals surface area contributed by atoms with E-state index >= 15 is 0 Å². The van der Waals surface area contributed by atoms with Crippen molar-refractivity contribution in [1.29, 1.82) is 0 Å². The minimum atomic E-state index is -0.368. The van der Waals surface area contributed by atoms with Crippen molar-refractivity contribution in [3.8, 4) is 5.75 Å². The Morgan fingerprint density at radius 2 is 2.05 bits per heavy atom. The first-order chi connectivity index (χ1) is 10.1. The van der Waals surface area contributed by atoms with E-state index in [0.717, 1.165) is 23.3 Å². The number of nitro groups is 1. The number of nitrogens with one attached hydrogen (secondary N) is 1. The molecule has 0 atom stereocenters. The average Bonchev–Trinajstić information content (AvgIpc) is 2.47. The van der Waals surface area contributed by atoms with Crippen LogP contribution >= 0.6 is 0 Å². The zero-order valence-electron chi connectivity index (χ0n) is 12.1. The predicted octanol–water partition coefficient (Wildman–Crippen LogP) is 3.57. The van der Waals surface area contributed by atoms with E-state index in [1.807, 2.05) is 31.2 Å². The van der Waals surface area contributed by atoms with E-state index in [1.54, 1.807) is 19.2 Å². The van der Waals surface area contributed by atoms with E-state index in [1.165, 1.54) is 6.07 Å². The number of anilines is 1. The second-order valence-electron chi connectivity index (χ2n) is 4.81. The molecule has 0 aliphatic heterocycles. The molecule has 0 unspecified atom stereocenters. The Bertz CT molecular complexity index is 641. The first-order valence-corrected chi connectivity index (χ1v) is 6.72. The zero-order valence-corrected chi connectivity index (χ0v) is 12.1. The molecule has 0 bridgehead atoms. The lowest BCUT2D eigenvalue weighted by Crippen LogP contribution is -2.07. The molecule has 0 heterocycles. The van der Waals surface area contributed by atoms with Crippen LogP contribution in [-0.2, 0) is 6.42 Å². The Morgan fingerprint density at radius 3 is 2.76 bits per heavy atom. The monoisotopic (exact) mass is 286 g/mol. The minimum absolute atomic E-state index is 0.103. The number of nitrogens with zero attached hydrogens (tertiary/aromatic N) is 1. The first-order valence-electron chi connectivity index (χ1n) is 6.72. The molecule has 0 saturated carbocycles. The number of aryl methyl sites for hydroxylation is 1. The smallest absolute Gasteiger partial charge is 0.292 e. The molecule has 5 heteroatoms. The number of methoxy groups -OCH3 is 1. The van der Waals surface area contributed by atoms with Crippen LogP contribution in [0.25, 0.3) is 0 Å². The van der Waals surface area contributed by atoms with Gasteiger partial charge in [-0.1, -0.05) is 18.2 Å². The van der Waals surface area contributed by atoms with Gasteiger partial charge < -0.3 is 10.1 Å². The van der Waals surface area contributed by atoms with Gasteiger partial charge in [-0.2, -0.15) is 0 Å². The molecule has 2 rings (SSSR count). The summed E-state index contributed by atoms with van der Waals surface area (Å²) in [4.78, 5) is 10.6. The second kappa shape index (κ2) is 6.74. The van der Waals surface area contributed by atoms with Crippen LogP contribution < -0.4 is 10.1 Å². The van der Waals surface area contributed by atoms with E-state index in [-0.39, 0.29) is 10.6 Å². The predicted molar refractivity (Wildman–Crippen MR) is 83.0 cm³/mol. The topological polar surface area (TPSA) is 64.4 Å². The molecule has 0 fully saturated rings. The molecule has 0 saturated heterocycles. The Kier molecular flexibility index (Phi) is 4.77. The summed E-state index contributed by atoms with van der Waals surface area (Å²) in [5.74, 6) is 0.814. The normalized spacial score (nSPS) is 10.2. The molecule has 1 N–H and O–H groups in total. The lowest BCUT2D eigenvalue weighted by Gasteiger charge is -2.09. The summed E-state index contributed by atoms with van der Waals surface area (Å²) in [5.41, 5.74) is 2.77. The molecular formula is C16H18N2O3. The first kappa shape index (κ1) is 14.8. The summed E-state index contributed by atoms with van der Waals surface area (Å²) in [7, 11) is 1.63. The highest BCUT2D eigenvalue weighted by Gasteiger charge is 2.12. The zero-order chi connectivity index (χ0) is 15.2. The van der Waals surface area contributed by atoms with Crippen LogP contribution in [0, 0.1) is 17.0 Å². The van der Waals surface area contributed by atoms with Gasteiger partial charge in [0.15, 0.2) is 0 Å². The fraction of sp³-hybridized carbons (Fsp3) is 0.250. The quantitative estimate of drug-likeness (QED) is 0.651. The van der Waals surface area contributed by atoms with Gasteiger partial charge in [0, 0.05) is 12.6 Å². The third kappa shape index (κ3) is 3.95. The van der Waals surface area contributed by atoms with Crippen molar-refractivity contribution in [2.75, 3.05) is 19.0 Å². The summed E-state index contributed by atoms with van der Waals surface area (Å²) in [6, 6.07) is 12.9. The van der Waals surface area contributed by atoms with Crippen molar-refractivity contribution in [1.82, 2.24) is 0 Å². The number of benzene rings is 2. The number of hydrogen-bond acceptors (Lipinski definition) is 4. The van der Waals surface area contributed by atoms with Gasteiger partial charge in [-0.3, -0.25) is 10.1 Å². The van der Waals surface area contributed by atoms with Gasteiger partial charge in [0.2, 0.25) is 0 Å². The van der Waals surface area contributed by atoms with Crippen LogP contribution in [0.5, 0.6) is 5.75 Å². The molecule has 2 aromatic carbocycles. The van der Waals surface area contributed by atoms with Crippen LogP contribution in [0.4, 0.5) is 11.4 Å². The van der Waals surface area contributed by atoms with Gasteiger partial charge in [-0.15, -0.1) is 0 Å². The van der Waals surface area contributed by atoms with E-state index in [2.05, 4.69) is 5.32 Å². The van der Waals surface area contributed by atoms with Crippen LogP contribution in [-0.4, -0.2) is 18.6 Å². The van der Waals surface area contributed by atoms with Crippen molar-refractivity contribution in [2.45, 2.75) is 13.3 Å². The summed E-state index contributed by atoms with van der Waals surface area (Å²) in [6.45, 7) is 2.54. The molecular weight excluding hydrogens is 268 g/mol. The van der Waals surface area contributed by atoms with Gasteiger partial charge in [-0.05, 0) is 42.7 Å². The molecule has 0 aliphatic carbocycles. The van der Waals surface area contributed by atoms with Crippen molar-refractivity contribution < 1.29 is 9.66 Å². The van der Waals surface area contributed by atoms with Crippen molar-refractivity contribution >= 4 is 11.4 Å². The Balaban J connectivity index is 2.03. The maximum Gasteiger partial charge on any atom is 0.292 e. The van der Waals surface area contributed by atoms with Crippen LogP contribution in [0.15, 0.2) is 42.5 Å². The summed E-state index contributed by atoms with van der Waals surface area (Å²) >= 11 is 0. The Labute approximate surface area is 123 Å². The molecule has 5 nitrogen and oxygen atoms in total.